The second-order valence-corrected chi connectivity index (χ2v) is 6.08. The molecule has 0 aliphatic heterocycles. The molecule has 4 aromatic rings. The maximum absolute atomic E-state index is 13.2. The summed E-state index contributed by atoms with van der Waals surface area (Å²) in [6.45, 7) is 0.758. The quantitative estimate of drug-likeness (QED) is 0.567. The third kappa shape index (κ3) is 3.90. The molecule has 2 aromatic heterocycles. The maximum Gasteiger partial charge on any atom is 0.184 e. The predicted molar refractivity (Wildman–Crippen MR) is 95.2 cm³/mol. The van der Waals surface area contributed by atoms with Crippen LogP contribution in [-0.2, 0) is 13.1 Å². The highest BCUT2D eigenvalue weighted by Gasteiger charge is 2.19. The lowest BCUT2D eigenvalue weighted by atomic mass is 10.1. The lowest BCUT2D eigenvalue weighted by Gasteiger charge is -2.07. The van der Waals surface area contributed by atoms with Crippen molar-refractivity contribution < 1.29 is 9.50 Å². The summed E-state index contributed by atoms with van der Waals surface area (Å²) in [5.41, 5.74) is 1.59. The van der Waals surface area contributed by atoms with E-state index >= 15 is 0 Å². The van der Waals surface area contributed by atoms with Gasteiger partial charge in [-0.3, -0.25) is 0 Å². The van der Waals surface area contributed by atoms with Crippen molar-refractivity contribution in [1.82, 2.24) is 29.8 Å². The molecule has 136 valence electrons. The molecule has 2 heterocycles. The Bertz CT molecular complexity index is 999. The number of benzene rings is 2. The zero-order chi connectivity index (χ0) is 18.6. The van der Waals surface area contributed by atoms with Crippen molar-refractivity contribution in [3.05, 3.63) is 95.6 Å². The fourth-order valence-corrected chi connectivity index (χ4v) is 2.76. The van der Waals surface area contributed by atoms with E-state index in [2.05, 4.69) is 20.4 Å². The molecule has 0 saturated heterocycles. The van der Waals surface area contributed by atoms with Crippen LogP contribution >= 0.6 is 0 Å². The normalized spacial score (nSPS) is 12.2. The van der Waals surface area contributed by atoms with Crippen LogP contribution in [0.1, 0.15) is 28.9 Å². The summed E-state index contributed by atoms with van der Waals surface area (Å²) in [4.78, 5) is 4.51. The molecule has 0 unspecified atom stereocenters. The van der Waals surface area contributed by atoms with Gasteiger partial charge in [-0.25, -0.2) is 18.7 Å². The zero-order valence-electron chi connectivity index (χ0n) is 14.4. The monoisotopic (exact) mass is 364 g/mol. The summed E-state index contributed by atoms with van der Waals surface area (Å²) in [5.74, 6) is 0.633. The second kappa shape index (κ2) is 7.46. The minimum Gasteiger partial charge on any atom is -0.380 e. The molecular formula is C19H17FN6O. The number of aromatic nitrogens is 6. The van der Waals surface area contributed by atoms with Crippen LogP contribution in [-0.4, -0.2) is 34.9 Å². The number of aliphatic hydroxyl groups is 1. The van der Waals surface area contributed by atoms with Crippen LogP contribution in [0.5, 0.6) is 0 Å². The summed E-state index contributed by atoms with van der Waals surface area (Å²) < 4.78 is 16.5. The average molecular weight is 364 g/mol. The molecule has 4 rings (SSSR count). The first-order chi connectivity index (χ1) is 13.2. The van der Waals surface area contributed by atoms with Gasteiger partial charge >= 0.3 is 0 Å². The van der Waals surface area contributed by atoms with E-state index in [1.165, 1.54) is 12.1 Å². The first kappa shape index (κ1) is 17.0. The van der Waals surface area contributed by atoms with E-state index in [1.54, 1.807) is 33.9 Å². The first-order valence-electron chi connectivity index (χ1n) is 8.44. The van der Waals surface area contributed by atoms with Crippen molar-refractivity contribution in [2.75, 3.05) is 0 Å². The molecule has 8 heteroatoms. The van der Waals surface area contributed by atoms with Crippen LogP contribution < -0.4 is 0 Å². The number of halogens is 1. The van der Waals surface area contributed by atoms with Gasteiger partial charge in [0.25, 0.3) is 0 Å². The van der Waals surface area contributed by atoms with Crippen molar-refractivity contribution >= 4 is 0 Å². The maximum atomic E-state index is 13.2. The molecule has 0 bridgehead atoms. The van der Waals surface area contributed by atoms with E-state index in [0.717, 1.165) is 5.56 Å². The highest BCUT2D eigenvalue weighted by atomic mass is 19.1. The fraction of sp³-hybridized carbons (Fsp3) is 0.158. The summed E-state index contributed by atoms with van der Waals surface area (Å²) in [6.07, 6.45) is 2.38. The largest absolute Gasteiger partial charge is 0.380 e. The van der Waals surface area contributed by atoms with Crippen LogP contribution in [0.2, 0.25) is 0 Å². The van der Waals surface area contributed by atoms with Gasteiger partial charge in [-0.05, 0) is 23.3 Å². The van der Waals surface area contributed by atoms with Gasteiger partial charge in [-0.15, -0.1) is 5.10 Å². The number of hydrogen-bond acceptors (Lipinski definition) is 5. The third-order valence-corrected chi connectivity index (χ3v) is 4.15. The molecule has 0 saturated carbocycles. The van der Waals surface area contributed by atoms with Crippen LogP contribution in [0.15, 0.2) is 67.0 Å². The molecule has 27 heavy (non-hydrogen) atoms. The lowest BCUT2D eigenvalue weighted by Crippen LogP contribution is -2.11. The van der Waals surface area contributed by atoms with Crippen molar-refractivity contribution in [2.24, 2.45) is 0 Å². The smallest absolute Gasteiger partial charge is 0.184 e. The highest BCUT2D eigenvalue weighted by Crippen LogP contribution is 2.20. The van der Waals surface area contributed by atoms with Gasteiger partial charge in [0.1, 0.15) is 24.3 Å². The van der Waals surface area contributed by atoms with Gasteiger partial charge in [0.2, 0.25) is 0 Å². The minimum atomic E-state index is -0.935. The van der Waals surface area contributed by atoms with Gasteiger partial charge in [-0.2, -0.15) is 5.10 Å². The first-order valence-corrected chi connectivity index (χ1v) is 8.44. The molecule has 0 spiro atoms. The predicted octanol–water partition coefficient (Wildman–Crippen LogP) is 2.19. The number of nitrogens with zero attached hydrogens (tertiary/aromatic N) is 6. The van der Waals surface area contributed by atoms with Crippen LogP contribution in [0.4, 0.5) is 4.39 Å². The third-order valence-electron chi connectivity index (χ3n) is 4.15. The Morgan fingerprint density at radius 2 is 1.78 bits per heavy atom. The topological polar surface area (TPSA) is 81.7 Å². The molecule has 0 aliphatic rings. The van der Waals surface area contributed by atoms with Crippen molar-refractivity contribution in [2.45, 2.75) is 19.2 Å². The Hall–Kier alpha value is -3.39. The van der Waals surface area contributed by atoms with Gasteiger partial charge in [-0.1, -0.05) is 47.7 Å². The molecule has 7 nitrogen and oxygen atoms in total. The number of aliphatic hydroxyl groups excluding tert-OH is 1. The molecular weight excluding hydrogens is 347 g/mol. The van der Waals surface area contributed by atoms with Crippen molar-refractivity contribution in [1.29, 1.82) is 0 Å². The van der Waals surface area contributed by atoms with E-state index in [0.29, 0.717) is 30.3 Å². The molecule has 0 amide bonds. The average Bonchev–Trinajstić information content (AvgIpc) is 3.34. The molecule has 0 aliphatic carbocycles. The van der Waals surface area contributed by atoms with E-state index in [4.69, 9.17) is 0 Å². The Kier molecular flexibility index (Phi) is 4.71. The summed E-state index contributed by atoms with van der Waals surface area (Å²) >= 11 is 0. The van der Waals surface area contributed by atoms with E-state index in [9.17, 15) is 9.50 Å². The standard InChI is InChI=1S/C19H17FN6O/c20-16-8-6-14(7-9-16)12-26-17(13-25-11-10-21-24-25)22-19(23-26)18(27)15-4-2-1-3-5-15/h1-11,18,27H,12-13H2/t18-/m1/s1. The van der Waals surface area contributed by atoms with Crippen LogP contribution in [0.3, 0.4) is 0 Å². The Morgan fingerprint density at radius 1 is 1.00 bits per heavy atom. The van der Waals surface area contributed by atoms with Crippen LogP contribution in [0, 0.1) is 5.82 Å². The van der Waals surface area contributed by atoms with E-state index < -0.39 is 6.10 Å². The fourth-order valence-electron chi connectivity index (χ4n) is 2.76. The molecule has 0 radical (unpaired) electrons. The summed E-state index contributed by atoms with van der Waals surface area (Å²) in [7, 11) is 0. The second-order valence-electron chi connectivity index (χ2n) is 6.08. The Morgan fingerprint density at radius 3 is 2.48 bits per heavy atom. The minimum absolute atomic E-state index is 0.291. The SMILES string of the molecule is O[C@H](c1ccccc1)c1nc(Cn2ccnn2)n(Cc2ccc(F)cc2)n1. The number of rotatable bonds is 6. The Balaban J connectivity index is 1.66. The van der Waals surface area contributed by atoms with Crippen molar-refractivity contribution in [3.8, 4) is 0 Å². The Labute approximate surface area is 154 Å². The molecule has 1 atom stereocenters. The molecule has 2 aromatic carbocycles. The van der Waals surface area contributed by atoms with Gasteiger partial charge in [0, 0.05) is 6.20 Å². The summed E-state index contributed by atoms with van der Waals surface area (Å²) in [6, 6.07) is 15.4. The zero-order valence-corrected chi connectivity index (χ0v) is 14.4. The molecule has 1 N–H and O–H groups in total. The van der Waals surface area contributed by atoms with Crippen LogP contribution in [0.25, 0.3) is 0 Å². The van der Waals surface area contributed by atoms with Gasteiger partial charge in [0.15, 0.2) is 5.82 Å². The van der Waals surface area contributed by atoms with Gasteiger partial charge < -0.3 is 5.11 Å². The summed E-state index contributed by atoms with van der Waals surface area (Å²) in [5, 5.41) is 22.9. The van der Waals surface area contributed by atoms with E-state index in [1.807, 2.05) is 30.3 Å². The lowest BCUT2D eigenvalue weighted by molar-refractivity contribution is 0.209. The van der Waals surface area contributed by atoms with E-state index in [-0.39, 0.29) is 5.82 Å². The molecule has 0 fully saturated rings. The van der Waals surface area contributed by atoms with Gasteiger partial charge in [0.05, 0.1) is 12.7 Å². The number of hydrogen-bond donors (Lipinski definition) is 1. The highest BCUT2D eigenvalue weighted by molar-refractivity contribution is 5.23. The van der Waals surface area contributed by atoms with Crippen molar-refractivity contribution in [3.63, 3.8) is 0 Å².